The molecule has 1 aliphatic heterocycles. The summed E-state index contributed by atoms with van der Waals surface area (Å²) in [5, 5.41) is 0. The maximum atomic E-state index is 6.38. The summed E-state index contributed by atoms with van der Waals surface area (Å²) in [6, 6.07) is 0. The summed E-state index contributed by atoms with van der Waals surface area (Å²) in [6.07, 6.45) is 8.83. The second-order valence-corrected chi connectivity index (χ2v) is 7.82. The second-order valence-electron chi connectivity index (χ2n) is 7.82. The SMILES string of the molecule is CC(C)(C)C1CCC(c2nc3n(c2N)CCCC3)CC1. The first-order valence-corrected chi connectivity index (χ1v) is 8.31. The maximum Gasteiger partial charge on any atom is 0.127 e. The van der Waals surface area contributed by atoms with E-state index in [2.05, 4.69) is 25.3 Å². The topological polar surface area (TPSA) is 43.8 Å². The van der Waals surface area contributed by atoms with Gasteiger partial charge in [0.15, 0.2) is 0 Å². The van der Waals surface area contributed by atoms with Crippen LogP contribution in [0, 0.1) is 11.3 Å². The van der Waals surface area contributed by atoms with Gasteiger partial charge in [-0.15, -0.1) is 0 Å². The summed E-state index contributed by atoms with van der Waals surface area (Å²) < 4.78 is 2.27. The van der Waals surface area contributed by atoms with Gasteiger partial charge in [-0.1, -0.05) is 20.8 Å². The van der Waals surface area contributed by atoms with E-state index in [0.29, 0.717) is 11.3 Å². The van der Waals surface area contributed by atoms with E-state index >= 15 is 0 Å². The van der Waals surface area contributed by atoms with Crippen LogP contribution in [-0.4, -0.2) is 9.55 Å². The average Bonchev–Trinajstić information content (AvgIpc) is 2.76. The van der Waals surface area contributed by atoms with Crippen LogP contribution in [0.1, 0.15) is 76.7 Å². The van der Waals surface area contributed by atoms with E-state index in [9.17, 15) is 0 Å². The van der Waals surface area contributed by atoms with Crippen LogP contribution in [0.25, 0.3) is 0 Å². The van der Waals surface area contributed by atoms with Crippen LogP contribution in [0.2, 0.25) is 0 Å². The van der Waals surface area contributed by atoms with Crippen molar-refractivity contribution in [1.82, 2.24) is 9.55 Å². The van der Waals surface area contributed by atoms with Crippen molar-refractivity contribution in [2.75, 3.05) is 5.73 Å². The lowest BCUT2D eigenvalue weighted by molar-refractivity contribution is 0.168. The van der Waals surface area contributed by atoms with Crippen molar-refractivity contribution in [2.45, 2.75) is 78.2 Å². The molecule has 1 fully saturated rings. The zero-order valence-corrected chi connectivity index (χ0v) is 13.3. The molecule has 0 unspecified atom stereocenters. The van der Waals surface area contributed by atoms with E-state index in [4.69, 9.17) is 10.7 Å². The van der Waals surface area contributed by atoms with E-state index < -0.39 is 0 Å². The first-order chi connectivity index (χ1) is 9.47. The quantitative estimate of drug-likeness (QED) is 0.837. The van der Waals surface area contributed by atoms with Gasteiger partial charge in [0.2, 0.25) is 0 Å². The minimum Gasteiger partial charge on any atom is -0.384 e. The van der Waals surface area contributed by atoms with Gasteiger partial charge in [0.05, 0.1) is 5.69 Å². The van der Waals surface area contributed by atoms with E-state index in [1.54, 1.807) is 0 Å². The Kier molecular flexibility index (Phi) is 3.55. The van der Waals surface area contributed by atoms with Crippen molar-refractivity contribution in [3.8, 4) is 0 Å². The molecule has 3 rings (SSSR count). The molecule has 3 nitrogen and oxygen atoms in total. The Morgan fingerprint density at radius 3 is 2.40 bits per heavy atom. The van der Waals surface area contributed by atoms with Crippen molar-refractivity contribution in [3.05, 3.63) is 11.5 Å². The number of aryl methyl sites for hydroxylation is 1. The molecule has 0 bridgehead atoms. The Hall–Kier alpha value is -0.990. The molecule has 0 amide bonds. The van der Waals surface area contributed by atoms with Gasteiger partial charge in [-0.05, 0) is 49.9 Å². The van der Waals surface area contributed by atoms with Crippen molar-refractivity contribution in [2.24, 2.45) is 11.3 Å². The lowest BCUT2D eigenvalue weighted by atomic mass is 9.69. The van der Waals surface area contributed by atoms with E-state index in [0.717, 1.165) is 24.7 Å². The molecule has 0 spiro atoms. The van der Waals surface area contributed by atoms with Crippen LogP contribution < -0.4 is 5.73 Å². The van der Waals surface area contributed by atoms with Gasteiger partial charge >= 0.3 is 0 Å². The molecule has 0 atom stereocenters. The zero-order chi connectivity index (χ0) is 14.3. The van der Waals surface area contributed by atoms with Gasteiger partial charge in [-0.25, -0.2) is 4.98 Å². The number of hydrogen-bond acceptors (Lipinski definition) is 2. The molecular weight excluding hydrogens is 246 g/mol. The Labute approximate surface area is 123 Å². The highest BCUT2D eigenvalue weighted by molar-refractivity contribution is 5.41. The van der Waals surface area contributed by atoms with Crippen LogP contribution >= 0.6 is 0 Å². The van der Waals surface area contributed by atoms with Crippen LogP contribution in [0.3, 0.4) is 0 Å². The molecule has 2 heterocycles. The summed E-state index contributed by atoms with van der Waals surface area (Å²) >= 11 is 0. The first-order valence-electron chi connectivity index (χ1n) is 8.31. The van der Waals surface area contributed by atoms with Crippen LogP contribution in [0.4, 0.5) is 5.82 Å². The zero-order valence-electron chi connectivity index (χ0n) is 13.3. The number of nitrogens with two attached hydrogens (primary N) is 1. The minimum absolute atomic E-state index is 0.448. The monoisotopic (exact) mass is 275 g/mol. The van der Waals surface area contributed by atoms with Crippen LogP contribution in [0.5, 0.6) is 0 Å². The minimum atomic E-state index is 0.448. The third-order valence-electron chi connectivity index (χ3n) is 5.49. The molecule has 0 saturated heterocycles. The lowest BCUT2D eigenvalue weighted by Crippen LogP contribution is -2.25. The van der Waals surface area contributed by atoms with Crippen LogP contribution in [-0.2, 0) is 13.0 Å². The summed E-state index contributed by atoms with van der Waals surface area (Å²) in [6.45, 7) is 8.20. The number of fused-ring (bicyclic) bond motifs is 1. The van der Waals surface area contributed by atoms with Crippen LogP contribution in [0.15, 0.2) is 0 Å². The number of hydrogen-bond donors (Lipinski definition) is 1. The van der Waals surface area contributed by atoms with Crippen molar-refractivity contribution in [3.63, 3.8) is 0 Å². The van der Waals surface area contributed by atoms with Gasteiger partial charge in [-0.3, -0.25) is 0 Å². The van der Waals surface area contributed by atoms with Crippen molar-refractivity contribution in [1.29, 1.82) is 0 Å². The highest BCUT2D eigenvalue weighted by atomic mass is 15.1. The molecule has 20 heavy (non-hydrogen) atoms. The Bertz CT molecular complexity index is 473. The Morgan fingerprint density at radius 1 is 1.10 bits per heavy atom. The summed E-state index contributed by atoms with van der Waals surface area (Å²) in [7, 11) is 0. The number of nitrogens with zero attached hydrogens (tertiary/aromatic N) is 2. The largest absolute Gasteiger partial charge is 0.384 e. The van der Waals surface area contributed by atoms with Crippen molar-refractivity contribution >= 4 is 5.82 Å². The summed E-state index contributed by atoms with van der Waals surface area (Å²) in [5.74, 6) is 3.67. The first kappa shape index (κ1) is 14.0. The smallest absolute Gasteiger partial charge is 0.127 e. The molecule has 0 radical (unpaired) electrons. The fourth-order valence-corrected chi connectivity index (χ4v) is 4.06. The predicted octanol–water partition coefficient (Wildman–Crippen LogP) is 4.12. The third-order valence-corrected chi connectivity index (χ3v) is 5.49. The highest BCUT2D eigenvalue weighted by Gasteiger charge is 2.32. The molecule has 0 aromatic carbocycles. The van der Waals surface area contributed by atoms with E-state index in [-0.39, 0.29) is 0 Å². The molecule has 1 saturated carbocycles. The van der Waals surface area contributed by atoms with E-state index in [1.165, 1.54) is 50.0 Å². The highest BCUT2D eigenvalue weighted by Crippen LogP contribution is 2.44. The summed E-state index contributed by atoms with van der Waals surface area (Å²) in [5.41, 5.74) is 8.04. The molecule has 2 aliphatic rings. The molecule has 3 heteroatoms. The van der Waals surface area contributed by atoms with Gasteiger partial charge < -0.3 is 10.3 Å². The molecule has 1 aliphatic carbocycles. The number of imidazole rings is 1. The standard InChI is InChI=1S/C17H29N3/c1-17(2,3)13-9-7-12(8-10-13)15-16(18)20-11-5-4-6-14(20)19-15/h12-13H,4-11,18H2,1-3H3. The van der Waals surface area contributed by atoms with Gasteiger partial charge in [0.1, 0.15) is 11.6 Å². The lowest BCUT2D eigenvalue weighted by Gasteiger charge is -2.36. The second kappa shape index (κ2) is 5.09. The predicted molar refractivity (Wildman–Crippen MR) is 83.7 cm³/mol. The van der Waals surface area contributed by atoms with Crippen molar-refractivity contribution < 1.29 is 0 Å². The number of aromatic nitrogens is 2. The average molecular weight is 275 g/mol. The Morgan fingerprint density at radius 2 is 1.80 bits per heavy atom. The molecule has 2 N–H and O–H groups in total. The summed E-state index contributed by atoms with van der Waals surface area (Å²) in [4.78, 5) is 4.90. The van der Waals surface area contributed by atoms with Gasteiger partial charge in [0.25, 0.3) is 0 Å². The molecular formula is C17H29N3. The number of nitrogen functional groups attached to an aromatic ring is 1. The molecule has 1 aromatic heterocycles. The Balaban J connectivity index is 1.74. The fourth-order valence-electron chi connectivity index (χ4n) is 4.06. The van der Waals surface area contributed by atoms with Gasteiger partial charge in [0, 0.05) is 18.9 Å². The molecule has 1 aromatic rings. The number of rotatable bonds is 1. The van der Waals surface area contributed by atoms with Gasteiger partial charge in [-0.2, -0.15) is 0 Å². The van der Waals surface area contributed by atoms with E-state index in [1.807, 2.05) is 0 Å². The fraction of sp³-hybridized carbons (Fsp3) is 0.824. The third kappa shape index (κ3) is 2.47. The normalized spacial score (nSPS) is 27.4. The maximum absolute atomic E-state index is 6.38. The number of anilines is 1. The molecule has 112 valence electrons.